The van der Waals surface area contributed by atoms with Crippen molar-refractivity contribution in [3.05, 3.63) is 23.5 Å². The Balaban J connectivity index is 4.96. The van der Waals surface area contributed by atoms with E-state index in [1.54, 1.807) is 0 Å². The second kappa shape index (κ2) is 6.07. The third-order valence-corrected chi connectivity index (χ3v) is 1.78. The zero-order valence-electron chi connectivity index (χ0n) is 9.61. The summed E-state index contributed by atoms with van der Waals surface area (Å²) in [5.74, 6) is -1.93. The fourth-order valence-corrected chi connectivity index (χ4v) is 0.858. The van der Waals surface area contributed by atoms with Crippen molar-refractivity contribution in [2.45, 2.75) is 33.3 Å². The molecule has 1 atom stereocenters. The van der Waals surface area contributed by atoms with Gasteiger partial charge in [0.15, 0.2) is 0 Å². The molecule has 0 saturated carbocycles. The molecule has 0 heterocycles. The molecule has 0 aromatic heterocycles. The number of aliphatic carboxylic acids is 1. The highest BCUT2D eigenvalue weighted by molar-refractivity contribution is 5.90. The van der Waals surface area contributed by atoms with Crippen LogP contribution in [0, 0.1) is 0 Å². The van der Waals surface area contributed by atoms with Crippen LogP contribution in [0.25, 0.3) is 0 Å². The lowest BCUT2D eigenvalue weighted by molar-refractivity contribution is -0.136. The summed E-state index contributed by atoms with van der Waals surface area (Å²) in [5.41, 5.74) is 0.0665. The molecule has 0 rings (SSSR count). The van der Waals surface area contributed by atoms with Crippen molar-refractivity contribution in [2.75, 3.05) is 0 Å². The van der Waals surface area contributed by atoms with Gasteiger partial charge in [0, 0.05) is 12.0 Å². The molecule has 0 bridgehead atoms. The normalized spacial score (nSPS) is 13.8. The quantitative estimate of drug-likeness (QED) is 0.420. The Morgan fingerprint density at radius 2 is 1.88 bits per heavy atom. The number of hydrogen-bond donors (Lipinski definition) is 2. The first-order valence-corrected chi connectivity index (χ1v) is 4.74. The van der Waals surface area contributed by atoms with Gasteiger partial charge in [-0.1, -0.05) is 6.58 Å². The minimum atomic E-state index is -1.19. The first-order valence-electron chi connectivity index (χ1n) is 4.74. The van der Waals surface area contributed by atoms with Crippen molar-refractivity contribution < 1.29 is 24.5 Å². The van der Waals surface area contributed by atoms with Gasteiger partial charge in [0.25, 0.3) is 0 Å². The van der Waals surface area contributed by atoms with E-state index in [1.807, 2.05) is 0 Å². The van der Waals surface area contributed by atoms with Crippen LogP contribution in [0.15, 0.2) is 23.5 Å². The first-order chi connectivity index (χ1) is 7.25. The summed E-state index contributed by atoms with van der Waals surface area (Å²) in [6.45, 7) is 7.63. The number of esters is 1. The average molecular weight is 228 g/mol. The van der Waals surface area contributed by atoms with Gasteiger partial charge in [-0.05, 0) is 20.8 Å². The molecule has 16 heavy (non-hydrogen) atoms. The topological polar surface area (TPSA) is 83.8 Å². The molecule has 2 N–H and O–H groups in total. The van der Waals surface area contributed by atoms with Crippen LogP contribution >= 0.6 is 0 Å². The monoisotopic (exact) mass is 228 g/mol. The number of aliphatic hydroxyl groups excluding tert-OH is 1. The van der Waals surface area contributed by atoms with Crippen molar-refractivity contribution in [1.29, 1.82) is 0 Å². The number of hydrogen-bond acceptors (Lipinski definition) is 4. The third-order valence-electron chi connectivity index (χ3n) is 1.78. The summed E-state index contributed by atoms with van der Waals surface area (Å²) in [6, 6.07) is 0. The van der Waals surface area contributed by atoms with Crippen LogP contribution in [0.2, 0.25) is 0 Å². The number of rotatable bonds is 5. The molecule has 5 nitrogen and oxygen atoms in total. The smallest absolute Gasteiger partial charge is 0.338 e. The Hall–Kier alpha value is -1.62. The molecular weight excluding hydrogens is 212 g/mol. The molecule has 0 aromatic rings. The lowest BCUT2D eigenvalue weighted by atomic mass is 10.1. The summed E-state index contributed by atoms with van der Waals surface area (Å²) < 4.78 is 4.85. The van der Waals surface area contributed by atoms with E-state index in [2.05, 4.69) is 6.58 Å². The fourth-order valence-electron chi connectivity index (χ4n) is 0.858. The van der Waals surface area contributed by atoms with Gasteiger partial charge >= 0.3 is 11.9 Å². The van der Waals surface area contributed by atoms with Crippen molar-refractivity contribution in [2.24, 2.45) is 0 Å². The Morgan fingerprint density at radius 1 is 1.38 bits per heavy atom. The number of aliphatic hydroxyl groups is 1. The second-order valence-corrected chi connectivity index (χ2v) is 3.58. The number of carboxylic acids is 1. The second-order valence-electron chi connectivity index (χ2n) is 3.58. The number of carboxylic acid groups (broad SMARTS) is 1. The maximum atomic E-state index is 11.2. The summed E-state index contributed by atoms with van der Waals surface area (Å²) >= 11 is 0. The Kier molecular flexibility index (Phi) is 5.46. The Bertz CT molecular complexity index is 338. The van der Waals surface area contributed by atoms with Gasteiger partial charge in [-0.2, -0.15) is 0 Å². The van der Waals surface area contributed by atoms with Gasteiger partial charge in [0.1, 0.15) is 5.76 Å². The average Bonchev–Trinajstić information content (AvgIpc) is 2.14. The number of carbonyl (C=O) groups is 2. The largest absolute Gasteiger partial charge is 0.478 e. The Labute approximate surface area is 94.0 Å². The lowest BCUT2D eigenvalue weighted by Gasteiger charge is -2.12. The minimum Gasteiger partial charge on any atom is -0.478 e. The zero-order chi connectivity index (χ0) is 12.9. The number of ether oxygens (including phenoxy) is 1. The van der Waals surface area contributed by atoms with Gasteiger partial charge in [0.05, 0.1) is 11.7 Å². The van der Waals surface area contributed by atoms with Gasteiger partial charge in [-0.25, -0.2) is 9.59 Å². The van der Waals surface area contributed by atoms with E-state index in [1.165, 1.54) is 20.8 Å². The molecule has 0 amide bonds. The highest BCUT2D eigenvalue weighted by Gasteiger charge is 2.17. The van der Waals surface area contributed by atoms with Crippen LogP contribution in [0.1, 0.15) is 27.2 Å². The minimum absolute atomic E-state index is 0.0306. The van der Waals surface area contributed by atoms with E-state index in [4.69, 9.17) is 14.9 Å². The molecule has 0 aromatic carbocycles. The first kappa shape index (κ1) is 14.4. The molecule has 5 heteroatoms. The van der Waals surface area contributed by atoms with E-state index in [0.29, 0.717) is 0 Å². The molecule has 0 aliphatic heterocycles. The predicted octanol–water partition coefficient (Wildman–Crippen LogP) is 1.24. The van der Waals surface area contributed by atoms with Gasteiger partial charge < -0.3 is 14.9 Å². The van der Waals surface area contributed by atoms with Crippen LogP contribution in [-0.2, 0) is 14.3 Å². The maximum Gasteiger partial charge on any atom is 0.338 e. The Morgan fingerprint density at radius 3 is 2.19 bits per heavy atom. The SMILES string of the molecule is C=C(C)C(=O)O/C(CC(C)O)=C(\C)C(=O)O. The van der Waals surface area contributed by atoms with Crippen molar-refractivity contribution in [3.63, 3.8) is 0 Å². The van der Waals surface area contributed by atoms with E-state index in [-0.39, 0.29) is 23.3 Å². The van der Waals surface area contributed by atoms with Crippen LogP contribution in [0.4, 0.5) is 0 Å². The van der Waals surface area contributed by atoms with E-state index in [9.17, 15) is 9.59 Å². The van der Waals surface area contributed by atoms with E-state index >= 15 is 0 Å². The molecule has 0 aliphatic rings. The lowest BCUT2D eigenvalue weighted by Crippen LogP contribution is -2.14. The summed E-state index contributed by atoms with van der Waals surface area (Å²) in [4.78, 5) is 22.0. The van der Waals surface area contributed by atoms with Crippen LogP contribution < -0.4 is 0 Å². The van der Waals surface area contributed by atoms with Crippen molar-refractivity contribution >= 4 is 11.9 Å². The zero-order valence-corrected chi connectivity index (χ0v) is 9.61. The summed E-state index contributed by atoms with van der Waals surface area (Å²) in [5, 5.41) is 17.9. The van der Waals surface area contributed by atoms with Gasteiger partial charge in [0.2, 0.25) is 0 Å². The number of carbonyl (C=O) groups excluding carboxylic acids is 1. The maximum absolute atomic E-state index is 11.2. The highest BCUT2D eigenvalue weighted by Crippen LogP contribution is 2.15. The standard InChI is InChI=1S/C11H16O5/c1-6(2)11(15)16-9(5-7(3)12)8(4)10(13)14/h7,12H,1,5H2,2-4H3,(H,13,14)/b9-8+. The van der Waals surface area contributed by atoms with E-state index in [0.717, 1.165) is 0 Å². The van der Waals surface area contributed by atoms with E-state index < -0.39 is 18.0 Å². The molecule has 0 spiro atoms. The van der Waals surface area contributed by atoms with Gasteiger partial charge in [-0.15, -0.1) is 0 Å². The molecule has 0 fully saturated rings. The van der Waals surface area contributed by atoms with Crippen LogP contribution in [0.5, 0.6) is 0 Å². The van der Waals surface area contributed by atoms with Gasteiger partial charge in [-0.3, -0.25) is 0 Å². The molecular formula is C11H16O5. The molecule has 90 valence electrons. The predicted molar refractivity (Wildman–Crippen MR) is 57.5 cm³/mol. The molecule has 0 saturated heterocycles. The molecule has 0 radical (unpaired) electrons. The van der Waals surface area contributed by atoms with Crippen LogP contribution in [0.3, 0.4) is 0 Å². The molecule has 0 aliphatic carbocycles. The summed E-state index contributed by atoms with van der Waals surface area (Å²) in [6.07, 6.45) is -0.820. The van der Waals surface area contributed by atoms with Crippen molar-refractivity contribution in [1.82, 2.24) is 0 Å². The molecule has 1 unspecified atom stereocenters. The fraction of sp³-hybridized carbons (Fsp3) is 0.455. The highest BCUT2D eigenvalue weighted by atomic mass is 16.5. The van der Waals surface area contributed by atoms with Crippen molar-refractivity contribution in [3.8, 4) is 0 Å². The van der Waals surface area contributed by atoms with Crippen LogP contribution in [-0.4, -0.2) is 28.3 Å². The third kappa shape index (κ3) is 4.75. The summed E-state index contributed by atoms with van der Waals surface area (Å²) in [7, 11) is 0.